The van der Waals surface area contributed by atoms with Gasteiger partial charge in [0.15, 0.2) is 5.82 Å². The Labute approximate surface area is 173 Å². The molecule has 0 unspecified atom stereocenters. The minimum Gasteiger partial charge on any atom is -0.497 e. The second-order valence-corrected chi connectivity index (χ2v) is 6.89. The highest BCUT2D eigenvalue weighted by Gasteiger charge is 2.35. The van der Waals surface area contributed by atoms with E-state index in [9.17, 15) is 9.59 Å². The van der Waals surface area contributed by atoms with E-state index < -0.39 is 6.04 Å². The maximum atomic E-state index is 12.7. The number of carbonyl (C=O) groups is 2. The quantitative estimate of drug-likeness (QED) is 0.651. The number of anilines is 2. The minimum atomic E-state index is -0.789. The number of carbonyl (C=O) groups excluding carboxylic acids is 2. The van der Waals surface area contributed by atoms with Crippen LogP contribution in [0.15, 0.2) is 42.5 Å². The number of nitrogens with one attached hydrogen (secondary N) is 2. The Kier molecular flexibility index (Phi) is 5.09. The van der Waals surface area contributed by atoms with Crippen molar-refractivity contribution >= 4 is 23.5 Å². The molecule has 1 aromatic heterocycles. The first kappa shape index (κ1) is 19.4. The molecule has 2 heterocycles. The van der Waals surface area contributed by atoms with Crippen molar-refractivity contribution in [1.82, 2.24) is 14.8 Å². The van der Waals surface area contributed by atoms with E-state index in [2.05, 4.69) is 20.7 Å². The molecular formula is C21H21N5O4. The fourth-order valence-corrected chi connectivity index (χ4v) is 3.22. The van der Waals surface area contributed by atoms with Crippen molar-refractivity contribution < 1.29 is 19.1 Å². The van der Waals surface area contributed by atoms with Gasteiger partial charge in [-0.2, -0.15) is 4.98 Å². The van der Waals surface area contributed by atoms with Gasteiger partial charge < -0.3 is 14.8 Å². The molecule has 2 N–H and O–H groups in total. The zero-order valence-corrected chi connectivity index (χ0v) is 16.8. The van der Waals surface area contributed by atoms with Crippen LogP contribution in [0.25, 0.3) is 11.4 Å². The number of methoxy groups -OCH3 is 2. The molecule has 4 rings (SSSR count). The molecule has 2 amide bonds. The van der Waals surface area contributed by atoms with Crippen molar-refractivity contribution in [2.75, 3.05) is 24.9 Å². The summed E-state index contributed by atoms with van der Waals surface area (Å²) in [5, 5.41) is 9.90. The maximum absolute atomic E-state index is 12.7. The van der Waals surface area contributed by atoms with Crippen molar-refractivity contribution in [3.8, 4) is 22.9 Å². The van der Waals surface area contributed by atoms with Gasteiger partial charge in [-0.1, -0.05) is 29.8 Å². The van der Waals surface area contributed by atoms with Crippen LogP contribution < -0.4 is 20.1 Å². The molecule has 1 atom stereocenters. The Balaban J connectivity index is 1.53. The molecule has 0 saturated heterocycles. The van der Waals surface area contributed by atoms with Gasteiger partial charge in [0.05, 0.1) is 26.3 Å². The van der Waals surface area contributed by atoms with Crippen LogP contribution in [0.5, 0.6) is 11.5 Å². The predicted octanol–water partition coefficient (Wildman–Crippen LogP) is 2.79. The summed E-state index contributed by atoms with van der Waals surface area (Å²) in [6.45, 7) is 2.00. The summed E-state index contributed by atoms with van der Waals surface area (Å²) in [6.07, 6.45) is -0.101. The molecule has 0 aliphatic carbocycles. The fraction of sp³-hybridized carbons (Fsp3) is 0.238. The van der Waals surface area contributed by atoms with E-state index in [-0.39, 0.29) is 18.2 Å². The largest absolute Gasteiger partial charge is 0.497 e. The molecule has 154 valence electrons. The first-order valence-electron chi connectivity index (χ1n) is 9.35. The minimum absolute atomic E-state index is 0.101. The number of hydrogen-bond donors (Lipinski definition) is 2. The molecule has 9 nitrogen and oxygen atoms in total. The molecule has 9 heteroatoms. The van der Waals surface area contributed by atoms with Crippen LogP contribution in [0.3, 0.4) is 0 Å². The number of nitrogens with zero attached hydrogens (tertiary/aromatic N) is 3. The highest BCUT2D eigenvalue weighted by Crippen LogP contribution is 2.31. The van der Waals surface area contributed by atoms with Crippen LogP contribution in [0.2, 0.25) is 0 Å². The van der Waals surface area contributed by atoms with Gasteiger partial charge in [0.25, 0.3) is 5.91 Å². The summed E-state index contributed by atoms with van der Waals surface area (Å²) < 4.78 is 11.9. The number of fused-ring (bicyclic) bond motifs is 1. The fourth-order valence-electron chi connectivity index (χ4n) is 3.22. The van der Waals surface area contributed by atoms with Gasteiger partial charge >= 0.3 is 0 Å². The lowest BCUT2D eigenvalue weighted by Gasteiger charge is -2.13. The topological polar surface area (TPSA) is 107 Å². The maximum Gasteiger partial charge on any atom is 0.252 e. The van der Waals surface area contributed by atoms with Crippen molar-refractivity contribution in [2.24, 2.45) is 0 Å². The second kappa shape index (κ2) is 7.86. The Hall–Kier alpha value is -3.88. The average Bonchev–Trinajstić information content (AvgIpc) is 3.27. The normalized spacial score (nSPS) is 14.8. The van der Waals surface area contributed by atoms with Gasteiger partial charge in [-0.25, -0.2) is 4.68 Å². The lowest BCUT2D eigenvalue weighted by Crippen LogP contribution is -2.24. The monoisotopic (exact) mass is 407 g/mol. The van der Waals surface area contributed by atoms with Crippen LogP contribution >= 0.6 is 0 Å². The van der Waals surface area contributed by atoms with Gasteiger partial charge in [-0.05, 0) is 19.1 Å². The molecule has 0 fully saturated rings. The van der Waals surface area contributed by atoms with Crippen molar-refractivity contribution in [3.63, 3.8) is 0 Å². The smallest absolute Gasteiger partial charge is 0.252 e. The summed E-state index contributed by atoms with van der Waals surface area (Å²) >= 11 is 0. The van der Waals surface area contributed by atoms with Gasteiger partial charge in [0, 0.05) is 11.6 Å². The number of aryl methyl sites for hydroxylation is 1. The third-order valence-corrected chi connectivity index (χ3v) is 4.83. The third-order valence-electron chi connectivity index (χ3n) is 4.83. The van der Waals surface area contributed by atoms with Crippen molar-refractivity contribution in [3.05, 3.63) is 48.0 Å². The van der Waals surface area contributed by atoms with Crippen LogP contribution in [-0.2, 0) is 9.59 Å². The lowest BCUT2D eigenvalue weighted by molar-refractivity contribution is -0.123. The summed E-state index contributed by atoms with van der Waals surface area (Å²) in [6, 6.07) is 12.1. The van der Waals surface area contributed by atoms with E-state index >= 15 is 0 Å². The number of ether oxygens (including phenoxy) is 2. The highest BCUT2D eigenvalue weighted by molar-refractivity contribution is 6.01. The Morgan fingerprint density at radius 1 is 1.17 bits per heavy atom. The van der Waals surface area contributed by atoms with E-state index in [0.29, 0.717) is 29.0 Å². The summed E-state index contributed by atoms with van der Waals surface area (Å²) in [7, 11) is 3.05. The highest BCUT2D eigenvalue weighted by atomic mass is 16.5. The number of hydrogen-bond acceptors (Lipinski definition) is 6. The molecule has 30 heavy (non-hydrogen) atoms. The van der Waals surface area contributed by atoms with Gasteiger partial charge in [-0.3, -0.25) is 14.9 Å². The van der Waals surface area contributed by atoms with Crippen LogP contribution in [0.4, 0.5) is 11.6 Å². The molecule has 0 bridgehead atoms. The van der Waals surface area contributed by atoms with E-state index in [1.165, 1.54) is 18.9 Å². The molecule has 1 aliphatic rings. The Bertz CT molecular complexity index is 1110. The Morgan fingerprint density at radius 3 is 2.63 bits per heavy atom. The van der Waals surface area contributed by atoms with Crippen molar-refractivity contribution in [2.45, 2.75) is 19.4 Å². The molecule has 0 saturated carbocycles. The predicted molar refractivity (Wildman–Crippen MR) is 111 cm³/mol. The zero-order valence-electron chi connectivity index (χ0n) is 16.8. The van der Waals surface area contributed by atoms with Crippen LogP contribution in [0, 0.1) is 6.92 Å². The van der Waals surface area contributed by atoms with E-state index in [1.54, 1.807) is 18.2 Å². The van der Waals surface area contributed by atoms with Crippen LogP contribution in [0.1, 0.15) is 18.0 Å². The first-order chi connectivity index (χ1) is 14.5. The number of benzene rings is 2. The summed E-state index contributed by atoms with van der Waals surface area (Å²) in [5.74, 6) is 1.20. The molecule has 0 spiro atoms. The molecular weight excluding hydrogens is 386 g/mol. The Morgan fingerprint density at radius 2 is 1.93 bits per heavy atom. The number of aromatic nitrogens is 3. The lowest BCUT2D eigenvalue weighted by atomic mass is 10.1. The number of amides is 2. The van der Waals surface area contributed by atoms with Crippen molar-refractivity contribution in [1.29, 1.82) is 0 Å². The van der Waals surface area contributed by atoms with Crippen LogP contribution in [-0.4, -0.2) is 40.8 Å². The van der Waals surface area contributed by atoms with Gasteiger partial charge in [0.2, 0.25) is 11.9 Å². The molecule has 3 aromatic rings. The van der Waals surface area contributed by atoms with E-state index in [4.69, 9.17) is 9.47 Å². The SMILES string of the molecule is COc1ccc(OC)c(NC(=O)C[C@@H]2C(=O)Nc3nc(-c4ccc(C)cc4)nn32)c1. The standard InChI is InChI=1S/C21H21N5O4/c1-12-4-6-13(7-5-12)19-23-21-24-20(28)16(26(21)25-19)11-18(27)22-15-10-14(29-2)8-9-17(15)30-3/h4-10,16H,11H2,1-3H3,(H,22,27)(H,23,24,25,28)/t16-/m1/s1. The molecule has 1 aliphatic heterocycles. The second-order valence-electron chi connectivity index (χ2n) is 6.89. The first-order valence-corrected chi connectivity index (χ1v) is 9.35. The average molecular weight is 407 g/mol. The molecule has 2 aromatic carbocycles. The van der Waals surface area contributed by atoms with Gasteiger partial charge in [0.1, 0.15) is 17.5 Å². The molecule has 0 radical (unpaired) electrons. The zero-order chi connectivity index (χ0) is 21.3. The number of rotatable bonds is 6. The van der Waals surface area contributed by atoms with Gasteiger partial charge in [-0.15, -0.1) is 5.10 Å². The summed E-state index contributed by atoms with van der Waals surface area (Å²) in [5.41, 5.74) is 2.42. The van der Waals surface area contributed by atoms with E-state index in [0.717, 1.165) is 11.1 Å². The summed E-state index contributed by atoms with van der Waals surface area (Å²) in [4.78, 5) is 29.4. The van der Waals surface area contributed by atoms with E-state index in [1.807, 2.05) is 31.2 Å². The third kappa shape index (κ3) is 3.69.